The van der Waals surface area contributed by atoms with Crippen molar-refractivity contribution in [1.29, 1.82) is 0 Å². The first-order valence-electron chi connectivity index (χ1n) is 12.5. The Morgan fingerprint density at radius 2 is 1.89 bits per heavy atom. The SMILES string of the molecule is CC(C)(C)OC(=O)N1CCC(c2ccc3c(-c4nc(NC5CCOCC5)ncc4Cl)cnn3n2)CC1. The first kappa shape index (κ1) is 24.7. The normalized spacial score (nSPS) is 17.9. The highest BCUT2D eigenvalue weighted by Gasteiger charge is 2.28. The predicted octanol–water partition coefficient (Wildman–Crippen LogP) is 4.55. The maximum absolute atomic E-state index is 12.4. The molecular formula is C25H32ClN7O3. The smallest absolute Gasteiger partial charge is 0.410 e. The Labute approximate surface area is 215 Å². The number of carbonyl (C=O) groups excluding carboxylic acids is 1. The van der Waals surface area contributed by atoms with Gasteiger partial charge in [0.1, 0.15) is 5.60 Å². The fraction of sp³-hybridized carbons (Fsp3) is 0.560. The van der Waals surface area contributed by atoms with Crippen molar-refractivity contribution in [2.75, 3.05) is 31.6 Å². The van der Waals surface area contributed by atoms with Crippen molar-refractivity contribution < 1.29 is 14.3 Å². The van der Waals surface area contributed by atoms with Gasteiger partial charge in [-0.3, -0.25) is 0 Å². The highest BCUT2D eigenvalue weighted by molar-refractivity contribution is 6.33. The molecule has 0 spiro atoms. The Morgan fingerprint density at radius 1 is 1.14 bits per heavy atom. The average Bonchev–Trinajstić information content (AvgIpc) is 3.28. The molecule has 5 heterocycles. The maximum atomic E-state index is 12.4. The number of amides is 1. The number of halogens is 1. The van der Waals surface area contributed by atoms with Crippen LogP contribution >= 0.6 is 11.6 Å². The molecule has 2 saturated heterocycles. The van der Waals surface area contributed by atoms with Crippen LogP contribution in [-0.2, 0) is 9.47 Å². The van der Waals surface area contributed by atoms with E-state index in [9.17, 15) is 4.79 Å². The highest BCUT2D eigenvalue weighted by atomic mass is 35.5. The van der Waals surface area contributed by atoms with E-state index in [1.165, 1.54) is 0 Å². The van der Waals surface area contributed by atoms with Crippen LogP contribution in [0.4, 0.5) is 10.7 Å². The number of likely N-dealkylation sites (tertiary alicyclic amines) is 1. The van der Waals surface area contributed by atoms with Crippen LogP contribution in [0.15, 0.2) is 24.5 Å². The Bertz CT molecular complexity index is 1230. The van der Waals surface area contributed by atoms with E-state index in [0.29, 0.717) is 29.8 Å². The van der Waals surface area contributed by atoms with Crippen molar-refractivity contribution in [3.63, 3.8) is 0 Å². The topological polar surface area (TPSA) is 107 Å². The number of rotatable bonds is 4. The zero-order chi connectivity index (χ0) is 25.3. The predicted molar refractivity (Wildman–Crippen MR) is 136 cm³/mol. The van der Waals surface area contributed by atoms with Gasteiger partial charge >= 0.3 is 6.09 Å². The molecule has 3 aromatic heterocycles. The average molecular weight is 514 g/mol. The standard InChI is InChI=1S/C25H32ClN7O3/c1-25(2,3)36-24(34)32-10-6-16(7-11-32)20-4-5-21-18(14-28-33(21)31-20)22-19(26)15-27-23(30-22)29-17-8-12-35-13-9-17/h4-5,14-17H,6-13H2,1-3H3,(H,27,29,30). The number of fused-ring (bicyclic) bond motifs is 1. The molecule has 1 N–H and O–H groups in total. The quantitative estimate of drug-likeness (QED) is 0.541. The minimum absolute atomic E-state index is 0.249. The first-order chi connectivity index (χ1) is 17.3. The van der Waals surface area contributed by atoms with Gasteiger partial charge in [0.15, 0.2) is 0 Å². The summed E-state index contributed by atoms with van der Waals surface area (Å²) in [5.74, 6) is 0.792. The molecule has 3 aromatic rings. The molecule has 0 saturated carbocycles. The third-order valence-electron chi connectivity index (χ3n) is 6.53. The summed E-state index contributed by atoms with van der Waals surface area (Å²) in [6.45, 7) is 8.40. The summed E-state index contributed by atoms with van der Waals surface area (Å²) in [4.78, 5) is 23.2. The molecule has 0 bridgehead atoms. The van der Waals surface area contributed by atoms with Crippen molar-refractivity contribution in [2.45, 2.75) is 64.0 Å². The molecule has 10 nitrogen and oxygen atoms in total. The molecule has 2 aliphatic rings. The van der Waals surface area contributed by atoms with E-state index in [1.807, 2.05) is 32.9 Å². The second-order valence-corrected chi connectivity index (χ2v) is 10.8. The number of aromatic nitrogens is 5. The lowest BCUT2D eigenvalue weighted by molar-refractivity contribution is 0.0203. The van der Waals surface area contributed by atoms with Crippen LogP contribution in [-0.4, -0.2) is 73.7 Å². The van der Waals surface area contributed by atoms with Gasteiger partial charge in [-0.1, -0.05) is 11.6 Å². The molecular weight excluding hydrogens is 482 g/mol. The molecule has 2 fully saturated rings. The molecule has 0 aromatic carbocycles. The van der Waals surface area contributed by atoms with Crippen molar-refractivity contribution >= 4 is 29.2 Å². The molecule has 0 aliphatic carbocycles. The van der Waals surface area contributed by atoms with Gasteiger partial charge in [-0.05, 0) is 58.6 Å². The summed E-state index contributed by atoms with van der Waals surface area (Å²) >= 11 is 6.49. The summed E-state index contributed by atoms with van der Waals surface area (Å²) in [5, 5.41) is 13.1. The van der Waals surface area contributed by atoms with Gasteiger partial charge in [-0.2, -0.15) is 14.8 Å². The molecule has 0 radical (unpaired) electrons. The second kappa shape index (κ2) is 10.2. The van der Waals surface area contributed by atoms with E-state index in [1.54, 1.807) is 21.9 Å². The highest BCUT2D eigenvalue weighted by Crippen LogP contribution is 2.32. The molecule has 36 heavy (non-hydrogen) atoms. The van der Waals surface area contributed by atoms with Crippen LogP contribution < -0.4 is 5.32 Å². The Hall–Kier alpha value is -2.98. The number of hydrogen-bond donors (Lipinski definition) is 1. The van der Waals surface area contributed by atoms with E-state index in [4.69, 9.17) is 31.2 Å². The van der Waals surface area contributed by atoms with Gasteiger partial charge in [0.05, 0.1) is 34.3 Å². The summed E-state index contributed by atoms with van der Waals surface area (Å²) in [5.41, 5.74) is 2.71. The van der Waals surface area contributed by atoms with Crippen LogP contribution in [0.1, 0.15) is 58.1 Å². The number of nitrogens with one attached hydrogen (secondary N) is 1. The molecule has 0 unspecified atom stereocenters. The maximum Gasteiger partial charge on any atom is 0.410 e. The van der Waals surface area contributed by atoms with Gasteiger partial charge in [0.2, 0.25) is 5.95 Å². The lowest BCUT2D eigenvalue weighted by Crippen LogP contribution is -2.41. The van der Waals surface area contributed by atoms with Crippen LogP contribution in [0.3, 0.4) is 0 Å². The fourth-order valence-electron chi connectivity index (χ4n) is 4.63. The van der Waals surface area contributed by atoms with Crippen LogP contribution in [0, 0.1) is 0 Å². The van der Waals surface area contributed by atoms with Gasteiger partial charge in [0.25, 0.3) is 0 Å². The van der Waals surface area contributed by atoms with Gasteiger partial charge in [-0.25, -0.2) is 14.8 Å². The Kier molecular flexibility index (Phi) is 6.98. The molecule has 0 atom stereocenters. The first-order valence-corrected chi connectivity index (χ1v) is 12.8. The van der Waals surface area contributed by atoms with Crippen molar-refractivity contribution in [3.05, 3.63) is 35.2 Å². The third-order valence-corrected chi connectivity index (χ3v) is 6.81. The van der Waals surface area contributed by atoms with Crippen molar-refractivity contribution in [3.8, 4) is 11.3 Å². The van der Waals surface area contributed by atoms with Gasteiger partial charge in [0, 0.05) is 43.8 Å². The van der Waals surface area contributed by atoms with Gasteiger partial charge in [-0.15, -0.1) is 0 Å². The van der Waals surface area contributed by atoms with Crippen LogP contribution in [0.25, 0.3) is 16.8 Å². The van der Waals surface area contributed by atoms with E-state index >= 15 is 0 Å². The largest absolute Gasteiger partial charge is 0.444 e. The monoisotopic (exact) mass is 513 g/mol. The van der Waals surface area contributed by atoms with Crippen molar-refractivity contribution in [1.82, 2.24) is 29.7 Å². The minimum Gasteiger partial charge on any atom is -0.444 e. The number of anilines is 1. The van der Waals surface area contributed by atoms with E-state index in [0.717, 1.165) is 55.7 Å². The van der Waals surface area contributed by atoms with E-state index in [2.05, 4.69) is 15.4 Å². The Morgan fingerprint density at radius 3 is 2.61 bits per heavy atom. The molecule has 1 amide bonds. The second-order valence-electron chi connectivity index (χ2n) is 10.4. The zero-order valence-electron chi connectivity index (χ0n) is 20.9. The van der Waals surface area contributed by atoms with E-state index < -0.39 is 5.60 Å². The van der Waals surface area contributed by atoms with Gasteiger partial charge < -0.3 is 19.7 Å². The fourth-order valence-corrected chi connectivity index (χ4v) is 4.82. The number of carbonyl (C=O) groups is 1. The number of hydrogen-bond acceptors (Lipinski definition) is 8. The van der Waals surface area contributed by atoms with E-state index in [-0.39, 0.29) is 18.1 Å². The molecule has 192 valence electrons. The lowest BCUT2D eigenvalue weighted by atomic mass is 9.93. The summed E-state index contributed by atoms with van der Waals surface area (Å²) in [6.07, 6.45) is 6.59. The molecule has 5 rings (SSSR count). The number of nitrogens with zero attached hydrogens (tertiary/aromatic N) is 6. The molecule has 2 aliphatic heterocycles. The van der Waals surface area contributed by atoms with Crippen molar-refractivity contribution in [2.24, 2.45) is 0 Å². The Balaban J connectivity index is 1.30. The summed E-state index contributed by atoms with van der Waals surface area (Å²) < 4.78 is 12.6. The lowest BCUT2D eigenvalue weighted by Gasteiger charge is -2.33. The third kappa shape index (κ3) is 5.54. The summed E-state index contributed by atoms with van der Waals surface area (Å²) in [7, 11) is 0. The zero-order valence-corrected chi connectivity index (χ0v) is 21.7. The van der Waals surface area contributed by atoms with Crippen LogP contribution in [0.2, 0.25) is 5.02 Å². The molecule has 11 heteroatoms. The van der Waals surface area contributed by atoms with Crippen LogP contribution in [0.5, 0.6) is 0 Å². The number of ether oxygens (including phenoxy) is 2. The minimum atomic E-state index is -0.494. The summed E-state index contributed by atoms with van der Waals surface area (Å²) in [6, 6.07) is 4.32. The number of piperidine rings is 1.